The molecule has 1 nitrogen and oxygen atoms in total. The van der Waals surface area contributed by atoms with Crippen LogP contribution < -0.4 is 4.74 Å². The van der Waals surface area contributed by atoms with Gasteiger partial charge >= 0.3 is 10.2 Å². The van der Waals surface area contributed by atoms with Gasteiger partial charge in [-0.2, -0.15) is 0 Å². The maximum Gasteiger partial charge on any atom is 0.304 e. The number of benzene rings is 1. The first kappa shape index (κ1) is 16.8. The van der Waals surface area contributed by atoms with Gasteiger partial charge in [0.05, 0.1) is 5.41 Å². The zero-order valence-corrected chi connectivity index (χ0v) is 12.2. The van der Waals surface area contributed by atoms with E-state index in [0.717, 1.165) is 5.56 Å². The molecule has 0 saturated heterocycles. The monoisotopic (exact) mass is 316 g/mol. The Kier molecular flexibility index (Phi) is 3.68. The molecule has 0 aliphatic carbocycles. The zero-order valence-electron chi connectivity index (χ0n) is 11.4. The molecule has 0 atom stereocenters. The molecule has 20 heavy (non-hydrogen) atoms. The fourth-order valence-corrected chi connectivity index (χ4v) is 1.86. The molecule has 0 aliphatic rings. The van der Waals surface area contributed by atoms with Crippen LogP contribution in [0.15, 0.2) is 35.7 Å². The molecule has 0 spiro atoms. The zero-order chi connectivity index (χ0) is 15.7. The summed E-state index contributed by atoms with van der Waals surface area (Å²) in [4.78, 5) is 0. The van der Waals surface area contributed by atoms with E-state index in [-0.39, 0.29) is 11.5 Å². The van der Waals surface area contributed by atoms with Crippen molar-refractivity contribution >= 4 is 10.2 Å². The molecule has 0 saturated carbocycles. The van der Waals surface area contributed by atoms with E-state index in [1.165, 1.54) is 0 Å². The van der Waals surface area contributed by atoms with Crippen molar-refractivity contribution in [1.82, 2.24) is 0 Å². The minimum atomic E-state index is -9.48. The van der Waals surface area contributed by atoms with E-state index in [9.17, 15) is 19.4 Å². The Bertz CT molecular complexity index is 496. The largest absolute Gasteiger partial charge is 0.490 e. The highest BCUT2D eigenvalue weighted by atomic mass is 32.5. The molecule has 0 radical (unpaired) electrons. The minimum absolute atomic E-state index is 0.0549. The normalized spacial score (nSPS) is 16.8. The van der Waals surface area contributed by atoms with Crippen molar-refractivity contribution in [3.8, 4) is 5.75 Å². The van der Waals surface area contributed by atoms with Crippen molar-refractivity contribution in [1.29, 1.82) is 0 Å². The molecule has 0 bridgehead atoms. The summed E-state index contributed by atoms with van der Waals surface area (Å²) in [6, 6.07) is 6.75. The van der Waals surface area contributed by atoms with E-state index in [2.05, 4.69) is 0 Å². The van der Waals surface area contributed by atoms with Gasteiger partial charge in [-0.15, -0.1) is 0 Å². The first-order valence-corrected chi connectivity index (χ1v) is 7.83. The van der Waals surface area contributed by atoms with Gasteiger partial charge in [-0.05, 0) is 29.2 Å². The Morgan fingerprint density at radius 1 is 1.00 bits per heavy atom. The van der Waals surface area contributed by atoms with Crippen LogP contribution in [0.5, 0.6) is 5.75 Å². The van der Waals surface area contributed by atoms with Gasteiger partial charge in [-0.3, -0.25) is 0 Å². The van der Waals surface area contributed by atoms with Crippen LogP contribution in [0.1, 0.15) is 26.3 Å². The van der Waals surface area contributed by atoms with Gasteiger partial charge < -0.3 is 4.74 Å². The standard InChI is InChI=1S/C13H17F5OS/c1-13(2,3)11-5-7-12(8-6-11)19-9-4-10-20(14,15,16,17)18/h4-8,10H,9H2,1-3H3/b10-4+. The number of halogens is 5. The Balaban J connectivity index is 2.63. The van der Waals surface area contributed by atoms with Crippen molar-refractivity contribution < 1.29 is 24.2 Å². The second-order valence-electron chi connectivity index (χ2n) is 5.49. The second kappa shape index (κ2) is 4.38. The average Bonchev–Trinajstić information content (AvgIpc) is 2.21. The summed E-state index contributed by atoms with van der Waals surface area (Å²) in [7, 11) is -9.48. The first-order chi connectivity index (χ1) is 8.66. The molecule has 0 heterocycles. The van der Waals surface area contributed by atoms with E-state index in [1.807, 2.05) is 20.8 Å². The van der Waals surface area contributed by atoms with Crippen molar-refractivity contribution in [3.05, 3.63) is 41.3 Å². The third kappa shape index (κ3) is 6.79. The molecule has 0 unspecified atom stereocenters. The van der Waals surface area contributed by atoms with Gasteiger partial charge in [-0.25, -0.2) is 0 Å². The lowest BCUT2D eigenvalue weighted by atomic mass is 9.87. The van der Waals surface area contributed by atoms with Crippen LogP contribution in [0.25, 0.3) is 0 Å². The molecule has 0 aliphatic heterocycles. The highest BCUT2D eigenvalue weighted by Crippen LogP contribution is 2.98. The lowest BCUT2D eigenvalue weighted by Gasteiger charge is -2.36. The SMILES string of the molecule is CC(C)(C)c1ccc(OC/C=C/S(F)(F)(F)(F)F)cc1. The molecular formula is C13H17F5OS. The van der Waals surface area contributed by atoms with E-state index >= 15 is 0 Å². The first-order valence-electron chi connectivity index (χ1n) is 5.81. The Hall–Kier alpha value is -1.24. The van der Waals surface area contributed by atoms with Crippen molar-refractivity contribution in [2.24, 2.45) is 0 Å². The summed E-state index contributed by atoms with van der Waals surface area (Å²) in [5, 5.41) is -0.997. The summed E-state index contributed by atoms with van der Waals surface area (Å²) < 4.78 is 64.9. The van der Waals surface area contributed by atoms with Crippen LogP contribution in [0.2, 0.25) is 0 Å². The maximum absolute atomic E-state index is 12.0. The van der Waals surface area contributed by atoms with Gasteiger partial charge in [0.25, 0.3) is 0 Å². The second-order valence-corrected chi connectivity index (χ2v) is 7.82. The number of rotatable bonds is 4. The Labute approximate surface area is 115 Å². The lowest BCUT2D eigenvalue weighted by molar-refractivity contribution is 0.359. The van der Waals surface area contributed by atoms with Crippen LogP contribution in [0.3, 0.4) is 0 Å². The van der Waals surface area contributed by atoms with Crippen LogP contribution in [0, 0.1) is 0 Å². The third-order valence-electron chi connectivity index (χ3n) is 2.42. The van der Waals surface area contributed by atoms with E-state index < -0.39 is 22.2 Å². The van der Waals surface area contributed by atoms with Crippen LogP contribution >= 0.6 is 10.2 Å². The van der Waals surface area contributed by atoms with Crippen molar-refractivity contribution in [3.63, 3.8) is 0 Å². The Morgan fingerprint density at radius 2 is 1.50 bits per heavy atom. The summed E-state index contributed by atoms with van der Waals surface area (Å²) in [5.74, 6) is 0.324. The average molecular weight is 316 g/mol. The molecule has 0 fully saturated rings. The highest BCUT2D eigenvalue weighted by molar-refractivity contribution is 8.48. The van der Waals surface area contributed by atoms with E-state index in [0.29, 0.717) is 5.75 Å². The highest BCUT2D eigenvalue weighted by Gasteiger charge is 2.60. The van der Waals surface area contributed by atoms with Gasteiger partial charge in [-0.1, -0.05) is 52.3 Å². The van der Waals surface area contributed by atoms with Crippen molar-refractivity contribution in [2.75, 3.05) is 6.61 Å². The van der Waals surface area contributed by atoms with E-state index in [1.54, 1.807) is 24.3 Å². The molecule has 1 aromatic carbocycles. The minimum Gasteiger partial charge on any atom is -0.490 e. The van der Waals surface area contributed by atoms with Gasteiger partial charge in [0.15, 0.2) is 0 Å². The molecular weight excluding hydrogens is 299 g/mol. The van der Waals surface area contributed by atoms with Crippen LogP contribution in [0.4, 0.5) is 19.4 Å². The number of hydrogen-bond donors (Lipinski definition) is 0. The molecule has 1 rings (SSSR count). The molecule has 0 aromatic heterocycles. The van der Waals surface area contributed by atoms with Crippen LogP contribution in [-0.2, 0) is 5.41 Å². The predicted molar refractivity (Wildman–Crippen MR) is 72.9 cm³/mol. The van der Waals surface area contributed by atoms with Gasteiger partial charge in [0.1, 0.15) is 12.4 Å². The summed E-state index contributed by atoms with van der Waals surface area (Å²) in [6.07, 6.45) is 0.277. The molecule has 0 amide bonds. The fourth-order valence-electron chi connectivity index (χ4n) is 1.42. The van der Waals surface area contributed by atoms with Crippen molar-refractivity contribution in [2.45, 2.75) is 26.2 Å². The van der Waals surface area contributed by atoms with E-state index in [4.69, 9.17) is 4.74 Å². The summed E-state index contributed by atoms with van der Waals surface area (Å²) >= 11 is 0. The predicted octanol–water partition coefficient (Wildman–Crippen LogP) is 6.18. The number of ether oxygens (including phenoxy) is 1. The maximum atomic E-state index is 12.0. The molecule has 0 N–H and O–H groups in total. The summed E-state index contributed by atoms with van der Waals surface area (Å²) in [5.41, 5.74) is 0.980. The Morgan fingerprint density at radius 3 is 1.90 bits per heavy atom. The van der Waals surface area contributed by atoms with Gasteiger partial charge in [0, 0.05) is 0 Å². The quantitative estimate of drug-likeness (QED) is 0.603. The fraction of sp³-hybridized carbons (Fsp3) is 0.385. The molecule has 7 heteroatoms. The van der Waals surface area contributed by atoms with Crippen LogP contribution in [-0.4, -0.2) is 6.61 Å². The topological polar surface area (TPSA) is 9.23 Å². The smallest absolute Gasteiger partial charge is 0.304 e. The lowest BCUT2D eigenvalue weighted by Crippen LogP contribution is -2.10. The number of hydrogen-bond acceptors (Lipinski definition) is 1. The molecule has 1 aromatic rings. The molecule has 116 valence electrons. The summed E-state index contributed by atoms with van der Waals surface area (Å²) in [6.45, 7) is 5.47. The third-order valence-corrected chi connectivity index (χ3v) is 3.13. The van der Waals surface area contributed by atoms with Gasteiger partial charge in [0.2, 0.25) is 0 Å².